The van der Waals surface area contributed by atoms with Gasteiger partial charge in [0, 0.05) is 11.8 Å². The Balaban J connectivity index is 2.06. The fraction of sp³-hybridized carbons (Fsp3) is 0.538. The van der Waals surface area contributed by atoms with E-state index in [1.54, 1.807) is 11.8 Å². The van der Waals surface area contributed by atoms with Gasteiger partial charge >= 0.3 is 0 Å². The van der Waals surface area contributed by atoms with Crippen LogP contribution in [0.3, 0.4) is 0 Å². The third-order valence-corrected chi connectivity index (χ3v) is 3.61. The molecule has 0 bridgehead atoms. The summed E-state index contributed by atoms with van der Waals surface area (Å²) in [5.41, 5.74) is 8.76. The first-order valence-corrected chi connectivity index (χ1v) is 7.21. The Kier molecular flexibility index (Phi) is 4.13. The van der Waals surface area contributed by atoms with Gasteiger partial charge in [0.2, 0.25) is 0 Å². The number of hydrogen-bond donors (Lipinski definition) is 1. The number of ether oxygens (including phenoxy) is 1. The van der Waals surface area contributed by atoms with Crippen molar-refractivity contribution in [2.45, 2.75) is 25.3 Å². The molecule has 0 aromatic heterocycles. The van der Waals surface area contributed by atoms with Crippen LogP contribution in [-0.4, -0.2) is 18.6 Å². The van der Waals surface area contributed by atoms with Gasteiger partial charge in [0.25, 0.3) is 0 Å². The van der Waals surface area contributed by atoms with Gasteiger partial charge in [-0.05, 0) is 48.8 Å². The molecule has 1 aromatic carbocycles. The van der Waals surface area contributed by atoms with Gasteiger partial charge < -0.3 is 10.5 Å². The molecule has 0 spiro atoms. The molecule has 16 heavy (non-hydrogen) atoms. The molecule has 1 atom stereocenters. The van der Waals surface area contributed by atoms with E-state index in [0.717, 1.165) is 31.0 Å². The lowest BCUT2D eigenvalue weighted by atomic mass is 9.88. The molecular weight excluding hydrogens is 218 g/mol. The molecule has 1 aromatic rings. The fourth-order valence-electron chi connectivity index (χ4n) is 2.16. The predicted octanol–water partition coefficient (Wildman–Crippen LogP) is 2.76. The molecule has 0 fully saturated rings. The van der Waals surface area contributed by atoms with Gasteiger partial charge in [-0.3, -0.25) is 0 Å². The second-order valence-corrected chi connectivity index (χ2v) is 5.19. The van der Waals surface area contributed by atoms with Crippen LogP contribution in [0, 0.1) is 0 Å². The average Bonchev–Trinajstić information content (AvgIpc) is 2.30. The van der Waals surface area contributed by atoms with Gasteiger partial charge in [-0.1, -0.05) is 6.07 Å². The van der Waals surface area contributed by atoms with E-state index in [4.69, 9.17) is 10.5 Å². The number of thioether (sulfide) groups is 1. The van der Waals surface area contributed by atoms with Crippen LogP contribution in [-0.2, 0) is 6.42 Å². The molecule has 0 aliphatic heterocycles. The molecule has 0 saturated heterocycles. The maximum absolute atomic E-state index is 6.07. The van der Waals surface area contributed by atoms with Crippen LogP contribution in [0.25, 0.3) is 0 Å². The van der Waals surface area contributed by atoms with Crippen LogP contribution in [0.4, 0.5) is 0 Å². The van der Waals surface area contributed by atoms with Crippen molar-refractivity contribution in [3.8, 4) is 5.75 Å². The number of hydrogen-bond acceptors (Lipinski definition) is 3. The Labute approximate surface area is 102 Å². The van der Waals surface area contributed by atoms with Crippen LogP contribution in [0.5, 0.6) is 5.75 Å². The van der Waals surface area contributed by atoms with Crippen molar-refractivity contribution in [1.29, 1.82) is 0 Å². The Hall–Kier alpha value is -0.670. The van der Waals surface area contributed by atoms with Gasteiger partial charge in [-0.25, -0.2) is 0 Å². The number of benzene rings is 1. The Morgan fingerprint density at radius 3 is 3.19 bits per heavy atom. The molecule has 1 aliphatic carbocycles. The summed E-state index contributed by atoms with van der Waals surface area (Å²) >= 11 is 1.81. The summed E-state index contributed by atoms with van der Waals surface area (Å²) in [5.74, 6) is 2.03. The van der Waals surface area contributed by atoms with Crippen molar-refractivity contribution in [1.82, 2.24) is 0 Å². The van der Waals surface area contributed by atoms with Crippen molar-refractivity contribution >= 4 is 11.8 Å². The number of aryl methyl sites for hydroxylation is 1. The smallest absolute Gasteiger partial charge is 0.119 e. The highest BCUT2D eigenvalue weighted by molar-refractivity contribution is 7.98. The Morgan fingerprint density at radius 2 is 2.38 bits per heavy atom. The van der Waals surface area contributed by atoms with Crippen molar-refractivity contribution in [3.05, 3.63) is 29.3 Å². The highest BCUT2D eigenvalue weighted by Crippen LogP contribution is 2.30. The molecule has 0 heterocycles. The summed E-state index contributed by atoms with van der Waals surface area (Å²) in [7, 11) is 0. The second-order valence-electron chi connectivity index (χ2n) is 4.20. The van der Waals surface area contributed by atoms with Crippen molar-refractivity contribution in [2.24, 2.45) is 5.73 Å². The highest BCUT2D eigenvalue weighted by Gasteiger charge is 2.16. The Morgan fingerprint density at radius 1 is 1.50 bits per heavy atom. The largest absolute Gasteiger partial charge is 0.493 e. The van der Waals surface area contributed by atoms with Gasteiger partial charge in [0.05, 0.1) is 6.61 Å². The van der Waals surface area contributed by atoms with Crippen molar-refractivity contribution < 1.29 is 4.74 Å². The molecule has 2 N–H and O–H groups in total. The maximum Gasteiger partial charge on any atom is 0.119 e. The highest BCUT2D eigenvalue weighted by atomic mass is 32.2. The lowest BCUT2D eigenvalue weighted by Crippen LogP contribution is -2.17. The standard InChI is InChI=1S/C13H19NOS/c1-16-8-7-15-11-5-6-12-10(9-11)3-2-4-13(12)14/h5-6,9,13H,2-4,7-8,14H2,1H3. The number of nitrogens with two attached hydrogens (primary N) is 1. The van der Waals surface area contributed by atoms with Crippen LogP contribution in [0.1, 0.15) is 30.0 Å². The molecule has 88 valence electrons. The van der Waals surface area contributed by atoms with E-state index >= 15 is 0 Å². The summed E-state index contributed by atoms with van der Waals surface area (Å²) in [6.07, 6.45) is 5.54. The van der Waals surface area contributed by atoms with E-state index in [9.17, 15) is 0 Å². The van der Waals surface area contributed by atoms with Crippen molar-refractivity contribution in [2.75, 3.05) is 18.6 Å². The van der Waals surface area contributed by atoms with Gasteiger partial charge in [-0.15, -0.1) is 0 Å². The average molecular weight is 237 g/mol. The van der Waals surface area contributed by atoms with E-state index in [1.165, 1.54) is 17.5 Å². The van der Waals surface area contributed by atoms with E-state index in [1.807, 2.05) is 6.07 Å². The summed E-state index contributed by atoms with van der Waals surface area (Å²) < 4.78 is 5.69. The molecular formula is C13H19NOS. The third-order valence-electron chi connectivity index (χ3n) is 3.03. The van der Waals surface area contributed by atoms with Gasteiger partial charge in [0.15, 0.2) is 0 Å². The molecule has 0 amide bonds. The normalized spacial score (nSPS) is 19.2. The minimum absolute atomic E-state index is 0.226. The van der Waals surface area contributed by atoms with Gasteiger partial charge in [0.1, 0.15) is 5.75 Å². The SMILES string of the molecule is CSCCOc1ccc2c(c1)CCCC2N. The molecule has 2 rings (SSSR count). The lowest BCUT2D eigenvalue weighted by Gasteiger charge is -2.22. The first-order chi connectivity index (χ1) is 7.81. The molecule has 2 nitrogen and oxygen atoms in total. The summed E-state index contributed by atoms with van der Waals surface area (Å²) in [6, 6.07) is 6.57. The van der Waals surface area contributed by atoms with E-state index in [-0.39, 0.29) is 6.04 Å². The zero-order valence-corrected chi connectivity index (χ0v) is 10.6. The lowest BCUT2D eigenvalue weighted by molar-refractivity contribution is 0.343. The zero-order chi connectivity index (χ0) is 11.4. The summed E-state index contributed by atoms with van der Waals surface area (Å²) in [6.45, 7) is 0.784. The van der Waals surface area contributed by atoms with Crippen LogP contribution in [0.15, 0.2) is 18.2 Å². The minimum atomic E-state index is 0.226. The summed E-state index contributed by atoms with van der Waals surface area (Å²) in [4.78, 5) is 0. The molecule has 1 unspecified atom stereocenters. The second kappa shape index (κ2) is 5.60. The fourth-order valence-corrected chi connectivity index (χ4v) is 2.41. The quantitative estimate of drug-likeness (QED) is 0.818. The van der Waals surface area contributed by atoms with Gasteiger partial charge in [-0.2, -0.15) is 11.8 Å². The summed E-state index contributed by atoms with van der Waals surface area (Å²) in [5, 5.41) is 0. The topological polar surface area (TPSA) is 35.2 Å². The third kappa shape index (κ3) is 2.71. The van der Waals surface area contributed by atoms with Crippen LogP contribution >= 0.6 is 11.8 Å². The molecule has 3 heteroatoms. The van der Waals surface area contributed by atoms with Crippen LogP contribution in [0.2, 0.25) is 0 Å². The van der Waals surface area contributed by atoms with E-state index < -0.39 is 0 Å². The maximum atomic E-state index is 6.07. The molecule has 1 aliphatic rings. The first-order valence-electron chi connectivity index (χ1n) is 5.81. The predicted molar refractivity (Wildman–Crippen MR) is 70.2 cm³/mol. The number of rotatable bonds is 4. The van der Waals surface area contributed by atoms with E-state index in [0.29, 0.717) is 0 Å². The van der Waals surface area contributed by atoms with E-state index in [2.05, 4.69) is 18.4 Å². The monoisotopic (exact) mass is 237 g/mol. The molecule has 0 radical (unpaired) electrons. The minimum Gasteiger partial charge on any atom is -0.493 e. The Bertz CT molecular complexity index is 354. The molecule has 0 saturated carbocycles. The number of fused-ring (bicyclic) bond motifs is 1. The van der Waals surface area contributed by atoms with Crippen LogP contribution < -0.4 is 10.5 Å². The first kappa shape index (κ1) is 11.8. The zero-order valence-electron chi connectivity index (χ0n) is 9.74. The van der Waals surface area contributed by atoms with Crippen molar-refractivity contribution in [3.63, 3.8) is 0 Å².